The molecule has 3 N–H and O–H groups in total. The number of hydrogen-bond acceptors (Lipinski definition) is 4. The fourth-order valence-corrected chi connectivity index (χ4v) is 4.18. The summed E-state index contributed by atoms with van der Waals surface area (Å²) >= 11 is 0. The predicted molar refractivity (Wildman–Crippen MR) is 121 cm³/mol. The molecule has 2 aromatic carbocycles. The van der Waals surface area contributed by atoms with Gasteiger partial charge in [-0.15, -0.1) is 0 Å². The fraction of sp³-hybridized carbons (Fsp3) is 0.320. The minimum Gasteiger partial charge on any atom is -0.508 e. The minimum atomic E-state index is -0.453. The molecule has 0 radical (unpaired) electrons. The van der Waals surface area contributed by atoms with Crippen molar-refractivity contribution >= 4 is 5.91 Å². The largest absolute Gasteiger partial charge is 0.508 e. The van der Waals surface area contributed by atoms with Crippen LogP contribution in [0.25, 0.3) is 22.5 Å². The van der Waals surface area contributed by atoms with E-state index in [0.717, 1.165) is 36.8 Å². The molecule has 0 bridgehead atoms. The zero-order chi connectivity index (χ0) is 22.0. The van der Waals surface area contributed by atoms with Gasteiger partial charge in [-0.3, -0.25) is 4.79 Å². The molecule has 0 unspecified atom stereocenters. The van der Waals surface area contributed by atoms with Crippen LogP contribution < -0.4 is 11.0 Å². The number of aryl methyl sites for hydroxylation is 1. The zero-order valence-electron chi connectivity index (χ0n) is 17.9. The normalized spacial score (nSPS) is 15.4. The number of H-pyrrole nitrogens is 1. The van der Waals surface area contributed by atoms with E-state index in [4.69, 9.17) is 0 Å². The third-order valence-corrected chi connectivity index (χ3v) is 6.07. The fourth-order valence-electron chi connectivity index (χ4n) is 4.18. The van der Waals surface area contributed by atoms with Gasteiger partial charge in [0.05, 0.1) is 11.4 Å². The highest BCUT2D eigenvalue weighted by atomic mass is 16.3. The van der Waals surface area contributed by atoms with E-state index in [1.807, 2.05) is 12.1 Å². The standard InChI is InChI=1S/C25H27N3O3/c1-16-14-19(10-11-22(16)29)21-15-20(26-24(31)27-21)17-6-8-18(9-7-17)23(30)28-25(2)12-4-3-5-13-25/h6-11,14-15,29H,3-5,12-13H2,1-2H3,(H,28,30)(H,26,27,31). The Morgan fingerprint density at radius 1 is 1.03 bits per heavy atom. The third-order valence-electron chi connectivity index (χ3n) is 6.07. The van der Waals surface area contributed by atoms with Crippen molar-refractivity contribution in [3.05, 3.63) is 70.1 Å². The van der Waals surface area contributed by atoms with Gasteiger partial charge in [0, 0.05) is 16.7 Å². The number of aromatic amines is 1. The topological polar surface area (TPSA) is 95.1 Å². The van der Waals surface area contributed by atoms with Gasteiger partial charge in [-0.1, -0.05) is 31.4 Å². The van der Waals surface area contributed by atoms with E-state index < -0.39 is 5.69 Å². The number of amides is 1. The van der Waals surface area contributed by atoms with Crippen molar-refractivity contribution in [1.82, 2.24) is 15.3 Å². The number of aromatic hydroxyl groups is 1. The SMILES string of the molecule is Cc1cc(-c2cc(-c3ccc(C(=O)NC4(C)CCCCC4)cc3)[nH]c(=O)n2)ccc1O. The number of phenols is 1. The molecule has 160 valence electrons. The quantitative estimate of drug-likeness (QED) is 0.579. The molecule has 0 aliphatic heterocycles. The summed E-state index contributed by atoms with van der Waals surface area (Å²) in [7, 11) is 0. The summed E-state index contributed by atoms with van der Waals surface area (Å²) in [4.78, 5) is 31.7. The van der Waals surface area contributed by atoms with E-state index in [0.29, 0.717) is 22.5 Å². The van der Waals surface area contributed by atoms with Gasteiger partial charge in [-0.25, -0.2) is 4.79 Å². The number of rotatable bonds is 4. The molecule has 6 heteroatoms. The summed E-state index contributed by atoms with van der Waals surface area (Å²) in [5.41, 5.74) is 3.40. The van der Waals surface area contributed by atoms with Crippen molar-refractivity contribution in [1.29, 1.82) is 0 Å². The third kappa shape index (κ3) is 4.68. The van der Waals surface area contributed by atoms with E-state index in [9.17, 15) is 14.7 Å². The molecule has 1 aliphatic carbocycles. The molecular weight excluding hydrogens is 390 g/mol. The van der Waals surface area contributed by atoms with Crippen molar-refractivity contribution in [2.45, 2.75) is 51.5 Å². The van der Waals surface area contributed by atoms with Crippen LogP contribution in [0.4, 0.5) is 0 Å². The summed E-state index contributed by atoms with van der Waals surface area (Å²) in [6.07, 6.45) is 5.54. The average molecular weight is 418 g/mol. The lowest BCUT2D eigenvalue weighted by Crippen LogP contribution is -2.47. The van der Waals surface area contributed by atoms with E-state index in [2.05, 4.69) is 22.2 Å². The van der Waals surface area contributed by atoms with Crippen LogP contribution in [0.3, 0.4) is 0 Å². The molecule has 1 saturated carbocycles. The second-order valence-corrected chi connectivity index (χ2v) is 8.64. The first-order chi connectivity index (χ1) is 14.8. The Labute approximate surface area is 181 Å². The Balaban J connectivity index is 1.57. The molecule has 4 rings (SSSR count). The molecule has 1 heterocycles. The van der Waals surface area contributed by atoms with Crippen molar-refractivity contribution in [2.24, 2.45) is 0 Å². The number of carbonyl (C=O) groups excluding carboxylic acids is 1. The molecule has 31 heavy (non-hydrogen) atoms. The maximum atomic E-state index is 12.7. The summed E-state index contributed by atoms with van der Waals surface area (Å²) in [5, 5.41) is 12.9. The molecule has 1 aliphatic rings. The molecule has 0 spiro atoms. The zero-order valence-corrected chi connectivity index (χ0v) is 17.9. The summed E-state index contributed by atoms with van der Waals surface area (Å²) < 4.78 is 0. The van der Waals surface area contributed by atoms with Crippen LogP contribution in [-0.4, -0.2) is 26.5 Å². The molecular formula is C25H27N3O3. The molecule has 1 fully saturated rings. The van der Waals surface area contributed by atoms with Crippen LogP contribution in [0.2, 0.25) is 0 Å². The number of nitrogens with zero attached hydrogens (tertiary/aromatic N) is 1. The Hall–Kier alpha value is -3.41. The van der Waals surface area contributed by atoms with Crippen LogP contribution in [-0.2, 0) is 0 Å². The van der Waals surface area contributed by atoms with Gasteiger partial charge in [0.2, 0.25) is 0 Å². The highest BCUT2D eigenvalue weighted by molar-refractivity contribution is 5.95. The molecule has 0 saturated heterocycles. The van der Waals surface area contributed by atoms with Crippen LogP contribution >= 0.6 is 0 Å². The molecule has 1 aromatic heterocycles. The van der Waals surface area contributed by atoms with Gasteiger partial charge < -0.3 is 15.4 Å². The van der Waals surface area contributed by atoms with Crippen molar-refractivity contribution in [2.75, 3.05) is 0 Å². The number of benzene rings is 2. The van der Waals surface area contributed by atoms with Gasteiger partial charge >= 0.3 is 5.69 Å². The summed E-state index contributed by atoms with van der Waals surface area (Å²) in [6.45, 7) is 3.91. The van der Waals surface area contributed by atoms with Gasteiger partial charge in [0.25, 0.3) is 5.91 Å². The minimum absolute atomic E-state index is 0.0700. The summed E-state index contributed by atoms with van der Waals surface area (Å²) in [6, 6.07) is 14.1. The van der Waals surface area contributed by atoms with Gasteiger partial charge in [-0.05, 0) is 74.2 Å². The second-order valence-electron chi connectivity index (χ2n) is 8.64. The van der Waals surface area contributed by atoms with Crippen LogP contribution in [0.5, 0.6) is 5.75 Å². The van der Waals surface area contributed by atoms with Gasteiger partial charge in [0.1, 0.15) is 5.75 Å². The van der Waals surface area contributed by atoms with Crippen LogP contribution in [0, 0.1) is 6.92 Å². The number of hydrogen-bond donors (Lipinski definition) is 3. The van der Waals surface area contributed by atoms with Gasteiger partial charge in [-0.2, -0.15) is 4.98 Å². The van der Waals surface area contributed by atoms with Crippen molar-refractivity contribution < 1.29 is 9.90 Å². The molecule has 0 atom stereocenters. The van der Waals surface area contributed by atoms with E-state index >= 15 is 0 Å². The number of carbonyl (C=O) groups is 1. The van der Waals surface area contributed by atoms with Crippen LogP contribution in [0.1, 0.15) is 54.9 Å². The lowest BCUT2D eigenvalue weighted by molar-refractivity contribution is 0.0882. The van der Waals surface area contributed by atoms with Crippen molar-refractivity contribution in [3.63, 3.8) is 0 Å². The maximum Gasteiger partial charge on any atom is 0.345 e. The second kappa shape index (κ2) is 8.38. The highest BCUT2D eigenvalue weighted by Gasteiger charge is 2.28. The Kier molecular flexibility index (Phi) is 5.63. The first kappa shape index (κ1) is 20.8. The first-order valence-electron chi connectivity index (χ1n) is 10.7. The average Bonchev–Trinajstić information content (AvgIpc) is 2.75. The van der Waals surface area contributed by atoms with Crippen LogP contribution in [0.15, 0.2) is 53.3 Å². The van der Waals surface area contributed by atoms with E-state index in [-0.39, 0.29) is 17.2 Å². The molecule has 6 nitrogen and oxygen atoms in total. The van der Waals surface area contributed by atoms with E-state index in [1.54, 1.807) is 43.3 Å². The molecule has 3 aromatic rings. The Morgan fingerprint density at radius 2 is 1.71 bits per heavy atom. The lowest BCUT2D eigenvalue weighted by atomic mass is 9.83. The Morgan fingerprint density at radius 3 is 2.39 bits per heavy atom. The first-order valence-corrected chi connectivity index (χ1v) is 10.7. The summed E-state index contributed by atoms with van der Waals surface area (Å²) in [5.74, 6) is 0.129. The predicted octanol–water partition coefficient (Wildman–Crippen LogP) is 4.57. The highest BCUT2D eigenvalue weighted by Crippen LogP contribution is 2.29. The smallest absolute Gasteiger partial charge is 0.345 e. The number of phenolic OH excluding ortho intramolecular Hbond substituents is 1. The monoisotopic (exact) mass is 417 g/mol. The van der Waals surface area contributed by atoms with Gasteiger partial charge in [0.15, 0.2) is 0 Å². The lowest BCUT2D eigenvalue weighted by Gasteiger charge is -2.34. The number of aromatic nitrogens is 2. The molecule has 1 amide bonds. The maximum absolute atomic E-state index is 12.7. The number of nitrogens with one attached hydrogen (secondary N) is 2. The van der Waals surface area contributed by atoms with E-state index in [1.165, 1.54) is 6.42 Å². The van der Waals surface area contributed by atoms with Crippen molar-refractivity contribution in [3.8, 4) is 28.3 Å². The Bertz CT molecular complexity index is 1160.